The first-order valence-corrected chi connectivity index (χ1v) is 12.4. The lowest BCUT2D eigenvalue weighted by molar-refractivity contribution is -0.121. The van der Waals surface area contributed by atoms with Crippen LogP contribution in [0.25, 0.3) is 0 Å². The molecule has 0 fully saturated rings. The molecule has 0 aromatic heterocycles. The van der Waals surface area contributed by atoms with Crippen LogP contribution in [-0.2, 0) is 19.7 Å². The van der Waals surface area contributed by atoms with Crippen LogP contribution < -0.4 is 15.4 Å². The number of aryl methyl sites for hydroxylation is 1. The third-order valence-electron chi connectivity index (χ3n) is 4.90. The topological polar surface area (TPSA) is 93.7 Å². The van der Waals surface area contributed by atoms with Crippen LogP contribution in [0, 0.1) is 6.92 Å². The van der Waals surface area contributed by atoms with Crippen LogP contribution in [0.5, 0.6) is 5.75 Å². The number of benzene rings is 2. The van der Waals surface area contributed by atoms with Gasteiger partial charge in [0.2, 0.25) is 11.8 Å². The smallest absolute Gasteiger partial charge is 0.437 e. The van der Waals surface area contributed by atoms with Gasteiger partial charge in [-0.2, -0.15) is 25.3 Å². The zero-order chi connectivity index (χ0) is 26.9. The molecule has 0 unspecified atom stereocenters. The zero-order valence-electron chi connectivity index (χ0n) is 21.4. The number of carbonyl (C=O) groups excluding carboxylic acids is 3. The number of thiol groups is 2. The van der Waals surface area contributed by atoms with Gasteiger partial charge in [-0.25, -0.2) is 4.79 Å². The average molecular weight is 523 g/mol. The molecule has 0 saturated heterocycles. The molecule has 0 aliphatic rings. The van der Waals surface area contributed by atoms with E-state index in [0.717, 1.165) is 5.56 Å². The second-order valence-corrected chi connectivity index (χ2v) is 8.77. The lowest BCUT2D eigenvalue weighted by Crippen LogP contribution is -2.19. The summed E-state index contributed by atoms with van der Waals surface area (Å²) in [5.74, 6) is 1.84. The van der Waals surface area contributed by atoms with E-state index in [4.69, 9.17) is 4.74 Å². The van der Waals surface area contributed by atoms with E-state index in [1.165, 1.54) is 18.2 Å². The van der Waals surface area contributed by atoms with Gasteiger partial charge in [-0.15, -0.1) is 0 Å². The maximum atomic E-state index is 11.2. The van der Waals surface area contributed by atoms with E-state index >= 15 is 0 Å². The average Bonchev–Trinajstić information content (AvgIpc) is 2.85. The normalized spacial score (nSPS) is 9.94. The van der Waals surface area contributed by atoms with Gasteiger partial charge in [0.05, 0.1) is 7.11 Å². The Balaban J connectivity index is 0.000000680. The predicted octanol–water partition coefficient (Wildman–Crippen LogP) is 4.57. The molecule has 0 spiro atoms. The molecule has 2 amide bonds. The lowest BCUT2D eigenvalue weighted by atomic mass is 9.78. The van der Waals surface area contributed by atoms with E-state index in [-0.39, 0.29) is 17.2 Å². The summed E-state index contributed by atoms with van der Waals surface area (Å²) in [7, 11) is 4.53. The van der Waals surface area contributed by atoms with Crippen LogP contribution in [0.2, 0.25) is 0 Å². The van der Waals surface area contributed by atoms with E-state index in [0.29, 0.717) is 30.1 Å². The Morgan fingerprint density at radius 3 is 1.74 bits per heavy atom. The van der Waals surface area contributed by atoms with Gasteiger partial charge < -0.3 is 20.1 Å². The minimum Gasteiger partial charge on any atom is -0.437 e. The minimum absolute atomic E-state index is 0.0509. The number of methoxy groups -OCH3 is 1. The fourth-order valence-electron chi connectivity index (χ4n) is 2.74. The number of rotatable bonds is 7. The second-order valence-electron chi connectivity index (χ2n) is 7.87. The summed E-state index contributed by atoms with van der Waals surface area (Å²) in [6, 6.07) is 16.0. The van der Waals surface area contributed by atoms with Crippen molar-refractivity contribution in [3.63, 3.8) is 0 Å². The highest BCUT2D eigenvalue weighted by Crippen LogP contribution is 2.33. The number of hydrogen-bond acceptors (Lipinski definition) is 7. The van der Waals surface area contributed by atoms with Gasteiger partial charge >= 0.3 is 6.16 Å². The van der Waals surface area contributed by atoms with Crippen LogP contribution in [-0.4, -0.2) is 50.7 Å². The van der Waals surface area contributed by atoms with Crippen molar-refractivity contribution in [2.24, 2.45) is 0 Å². The summed E-state index contributed by atoms with van der Waals surface area (Å²) < 4.78 is 9.62. The highest BCUT2D eigenvalue weighted by molar-refractivity contribution is 7.80. The molecule has 2 aromatic rings. The van der Waals surface area contributed by atoms with Crippen molar-refractivity contribution in [3.05, 3.63) is 65.2 Å². The molecular formula is C26H38N2O5S2. The Kier molecular flexibility index (Phi) is 16.4. The van der Waals surface area contributed by atoms with Crippen LogP contribution in [0.1, 0.15) is 43.4 Å². The standard InChI is InChI=1S/C18H20O3.2C4H9NOS/c1-13-7-5-8-14(11-13)18(2,3)15-9-6-10-16(12-15)21-17(19)20-4;2*1-5-4(6)2-3-7/h5-12H,1-4H3;2*7H,2-3H2,1H3,(H,5,6). The van der Waals surface area contributed by atoms with Crippen LogP contribution >= 0.6 is 25.3 Å². The van der Waals surface area contributed by atoms with E-state index < -0.39 is 6.16 Å². The fourth-order valence-corrected chi connectivity index (χ4v) is 3.15. The molecule has 0 bridgehead atoms. The van der Waals surface area contributed by atoms with Gasteiger partial charge in [0.1, 0.15) is 5.75 Å². The first-order chi connectivity index (χ1) is 16.5. The van der Waals surface area contributed by atoms with Crippen LogP contribution in [0.4, 0.5) is 4.79 Å². The van der Waals surface area contributed by atoms with Gasteiger partial charge in [-0.05, 0) is 41.7 Å². The highest BCUT2D eigenvalue weighted by atomic mass is 32.1. The predicted molar refractivity (Wildman–Crippen MR) is 148 cm³/mol. The third-order valence-corrected chi connectivity index (χ3v) is 5.35. The Bertz CT molecular complexity index is 917. The van der Waals surface area contributed by atoms with Crippen molar-refractivity contribution in [1.82, 2.24) is 10.6 Å². The monoisotopic (exact) mass is 522 g/mol. The molecule has 2 N–H and O–H groups in total. The number of nitrogens with one attached hydrogen (secondary N) is 2. The molecule has 0 radical (unpaired) electrons. The largest absolute Gasteiger partial charge is 0.513 e. The zero-order valence-corrected chi connectivity index (χ0v) is 23.2. The van der Waals surface area contributed by atoms with Crippen molar-refractivity contribution in [1.29, 1.82) is 0 Å². The molecule has 7 nitrogen and oxygen atoms in total. The Morgan fingerprint density at radius 1 is 0.857 bits per heavy atom. The molecule has 2 aromatic carbocycles. The van der Waals surface area contributed by atoms with Crippen molar-refractivity contribution in [2.45, 2.75) is 39.0 Å². The molecule has 194 valence electrons. The molecule has 0 heterocycles. The van der Waals surface area contributed by atoms with Gasteiger partial charge in [0.25, 0.3) is 0 Å². The van der Waals surface area contributed by atoms with Gasteiger partial charge in [0.15, 0.2) is 0 Å². The lowest BCUT2D eigenvalue weighted by Gasteiger charge is -2.26. The van der Waals surface area contributed by atoms with Gasteiger partial charge in [-0.3, -0.25) is 9.59 Å². The summed E-state index contributed by atoms with van der Waals surface area (Å²) >= 11 is 7.71. The fraction of sp³-hybridized carbons (Fsp3) is 0.423. The quantitative estimate of drug-likeness (QED) is 0.243. The molecule has 0 saturated carbocycles. The molecule has 2 rings (SSSR count). The van der Waals surface area contributed by atoms with Crippen molar-refractivity contribution in [3.8, 4) is 5.75 Å². The molecular weight excluding hydrogens is 484 g/mol. The van der Waals surface area contributed by atoms with Crippen molar-refractivity contribution < 1.29 is 23.9 Å². The summed E-state index contributed by atoms with van der Waals surface area (Å²) in [5, 5.41) is 4.96. The Morgan fingerprint density at radius 2 is 1.34 bits per heavy atom. The molecule has 9 heteroatoms. The summed E-state index contributed by atoms with van der Waals surface area (Å²) in [6.07, 6.45) is 0.319. The first-order valence-electron chi connectivity index (χ1n) is 11.1. The van der Waals surface area contributed by atoms with E-state index in [1.807, 2.05) is 18.2 Å². The van der Waals surface area contributed by atoms with Gasteiger partial charge in [-0.1, -0.05) is 55.8 Å². The summed E-state index contributed by atoms with van der Waals surface area (Å²) in [6.45, 7) is 6.38. The molecule has 0 atom stereocenters. The number of carbonyl (C=O) groups is 3. The SMILES string of the molecule is CNC(=O)CCS.CNC(=O)CCS.COC(=O)Oc1cccc(C(C)(C)c2cccc(C)c2)c1. The number of amides is 2. The van der Waals surface area contributed by atoms with Crippen molar-refractivity contribution >= 4 is 43.2 Å². The Labute approximate surface area is 220 Å². The van der Waals surface area contributed by atoms with Crippen molar-refractivity contribution in [2.75, 3.05) is 32.7 Å². The van der Waals surface area contributed by atoms with E-state index in [2.05, 4.69) is 85.7 Å². The third kappa shape index (κ3) is 13.1. The first kappa shape index (κ1) is 32.4. The van der Waals surface area contributed by atoms with Crippen LogP contribution in [0.15, 0.2) is 48.5 Å². The van der Waals surface area contributed by atoms with E-state index in [1.54, 1.807) is 20.2 Å². The maximum absolute atomic E-state index is 11.2. The summed E-state index contributed by atoms with van der Waals surface area (Å²) in [5.41, 5.74) is 3.34. The molecule has 0 aliphatic carbocycles. The van der Waals surface area contributed by atoms with Crippen LogP contribution in [0.3, 0.4) is 0 Å². The highest BCUT2D eigenvalue weighted by Gasteiger charge is 2.23. The molecule has 35 heavy (non-hydrogen) atoms. The second kappa shape index (κ2) is 17.7. The maximum Gasteiger partial charge on any atom is 0.513 e. The minimum atomic E-state index is -0.708. The van der Waals surface area contributed by atoms with Gasteiger partial charge in [0, 0.05) is 32.4 Å². The number of hydrogen-bond donors (Lipinski definition) is 4. The molecule has 0 aliphatic heterocycles. The van der Waals surface area contributed by atoms with E-state index in [9.17, 15) is 14.4 Å². The number of ether oxygens (including phenoxy) is 2. The Hall–Kier alpha value is -2.65. The summed E-state index contributed by atoms with van der Waals surface area (Å²) in [4.78, 5) is 31.7.